The molecule has 0 radical (unpaired) electrons. The van der Waals surface area contributed by atoms with Crippen LogP contribution in [0.5, 0.6) is 0 Å². The molecule has 1 aliphatic rings. The summed E-state index contributed by atoms with van der Waals surface area (Å²) in [5, 5.41) is 13.4. The number of hydrogen-bond donors (Lipinski definition) is 1. The van der Waals surface area contributed by atoms with Crippen molar-refractivity contribution in [1.29, 1.82) is 5.26 Å². The summed E-state index contributed by atoms with van der Waals surface area (Å²) >= 11 is 6.27. The number of halogens is 1. The van der Waals surface area contributed by atoms with E-state index in [1.54, 1.807) is 0 Å². The second kappa shape index (κ2) is 12.6. The molecule has 0 heterocycles. The summed E-state index contributed by atoms with van der Waals surface area (Å²) in [6.07, 6.45) is 14.2. The maximum Gasteiger partial charge on any atom is 0.0991 e. The van der Waals surface area contributed by atoms with E-state index in [0.29, 0.717) is 10.6 Å². The Morgan fingerprint density at radius 3 is 2.40 bits per heavy atom. The Balaban J connectivity index is 1.77. The van der Waals surface area contributed by atoms with Crippen molar-refractivity contribution < 1.29 is 0 Å². The first-order chi connectivity index (χ1) is 16.8. The number of nitrogens with zero attached hydrogens (tertiary/aromatic N) is 1. The van der Waals surface area contributed by atoms with Crippen molar-refractivity contribution in [3.63, 3.8) is 0 Å². The molecule has 2 aromatic rings. The number of nitrogens with one attached hydrogen (secondary N) is 1. The van der Waals surface area contributed by atoms with Gasteiger partial charge >= 0.3 is 0 Å². The topological polar surface area (TPSA) is 35.8 Å². The van der Waals surface area contributed by atoms with Crippen molar-refractivity contribution in [3.05, 3.63) is 106 Å². The summed E-state index contributed by atoms with van der Waals surface area (Å²) in [4.78, 5) is 0. The van der Waals surface area contributed by atoms with Crippen LogP contribution in [0.1, 0.15) is 76.8 Å². The second-order valence-electron chi connectivity index (χ2n) is 9.83. The molecule has 0 saturated heterocycles. The first-order valence-corrected chi connectivity index (χ1v) is 13.0. The molecule has 0 unspecified atom stereocenters. The number of hydrogen-bond acceptors (Lipinski definition) is 2. The van der Waals surface area contributed by atoms with Gasteiger partial charge < -0.3 is 5.32 Å². The third kappa shape index (κ3) is 7.48. The molecule has 0 atom stereocenters. The first-order valence-electron chi connectivity index (χ1n) is 12.6. The average Bonchev–Trinajstić information content (AvgIpc) is 2.87. The molecule has 2 aromatic carbocycles. The summed E-state index contributed by atoms with van der Waals surface area (Å²) in [5.41, 5.74) is 7.73. The quantitative estimate of drug-likeness (QED) is 0.360. The van der Waals surface area contributed by atoms with Crippen molar-refractivity contribution in [3.8, 4) is 17.2 Å². The molecular formula is C32H37ClN2. The highest BCUT2D eigenvalue weighted by atomic mass is 35.5. The van der Waals surface area contributed by atoms with E-state index in [1.165, 1.54) is 43.2 Å². The van der Waals surface area contributed by atoms with E-state index in [0.717, 1.165) is 35.4 Å². The largest absolute Gasteiger partial charge is 0.359 e. The predicted octanol–water partition coefficient (Wildman–Crippen LogP) is 9.30. The molecule has 3 rings (SSSR count). The Kier molecular flexibility index (Phi) is 9.58. The highest BCUT2D eigenvalue weighted by molar-refractivity contribution is 6.31. The molecule has 182 valence electrons. The van der Waals surface area contributed by atoms with Gasteiger partial charge in [-0.3, -0.25) is 0 Å². The van der Waals surface area contributed by atoms with E-state index < -0.39 is 0 Å². The third-order valence-electron chi connectivity index (χ3n) is 6.87. The van der Waals surface area contributed by atoms with Gasteiger partial charge in [0.15, 0.2) is 0 Å². The van der Waals surface area contributed by atoms with Crippen molar-refractivity contribution in [1.82, 2.24) is 5.32 Å². The third-order valence-corrected chi connectivity index (χ3v) is 7.20. The van der Waals surface area contributed by atoms with Crippen molar-refractivity contribution in [2.75, 3.05) is 0 Å². The fourth-order valence-electron chi connectivity index (χ4n) is 5.01. The molecule has 0 aromatic heterocycles. The van der Waals surface area contributed by atoms with Crippen molar-refractivity contribution in [2.24, 2.45) is 0 Å². The summed E-state index contributed by atoms with van der Waals surface area (Å²) in [6, 6.07) is 19.1. The van der Waals surface area contributed by atoms with Gasteiger partial charge in [-0.2, -0.15) is 5.26 Å². The molecule has 0 aliphatic heterocycles. The Morgan fingerprint density at radius 2 is 1.77 bits per heavy atom. The monoisotopic (exact) mass is 484 g/mol. The first kappa shape index (κ1) is 26.6. The van der Waals surface area contributed by atoms with Crippen LogP contribution >= 0.6 is 11.6 Å². The van der Waals surface area contributed by atoms with Gasteiger partial charge in [0, 0.05) is 16.4 Å². The lowest BCUT2D eigenvalue weighted by atomic mass is 9.66. The average molecular weight is 485 g/mol. The van der Waals surface area contributed by atoms with Crippen molar-refractivity contribution in [2.45, 2.75) is 71.1 Å². The SMILES string of the molecule is C=C(CCC1(c2ccc(-c3cccc(C#N)c3)cc2)CCCCC1)N/C(C=C(C)C)=C/C(Cl)=C\C. The van der Waals surface area contributed by atoms with Crippen LogP contribution in [0.2, 0.25) is 0 Å². The van der Waals surface area contributed by atoms with Crippen LogP contribution in [0, 0.1) is 11.3 Å². The minimum atomic E-state index is 0.178. The van der Waals surface area contributed by atoms with Gasteiger partial charge in [0.05, 0.1) is 11.6 Å². The lowest BCUT2D eigenvalue weighted by Gasteiger charge is -2.38. The zero-order chi connectivity index (χ0) is 25.3. The smallest absolute Gasteiger partial charge is 0.0991 e. The minimum Gasteiger partial charge on any atom is -0.359 e. The van der Waals surface area contributed by atoms with Gasteiger partial charge in [-0.05, 0) is 92.8 Å². The van der Waals surface area contributed by atoms with Gasteiger partial charge in [0.2, 0.25) is 0 Å². The maximum absolute atomic E-state index is 9.24. The molecule has 1 saturated carbocycles. The second-order valence-corrected chi connectivity index (χ2v) is 10.3. The zero-order valence-electron chi connectivity index (χ0n) is 21.3. The van der Waals surface area contributed by atoms with E-state index in [4.69, 9.17) is 11.6 Å². The molecule has 1 fully saturated rings. The Bertz CT molecular complexity index is 1150. The van der Waals surface area contributed by atoms with Crippen LogP contribution in [0.25, 0.3) is 11.1 Å². The summed E-state index contributed by atoms with van der Waals surface area (Å²) < 4.78 is 0. The Labute approximate surface area is 216 Å². The van der Waals surface area contributed by atoms with Gasteiger partial charge in [0.1, 0.15) is 0 Å². The van der Waals surface area contributed by atoms with Crippen LogP contribution in [0.15, 0.2) is 95.3 Å². The Morgan fingerprint density at radius 1 is 1.06 bits per heavy atom. The zero-order valence-corrected chi connectivity index (χ0v) is 22.1. The highest BCUT2D eigenvalue weighted by Gasteiger charge is 2.33. The molecule has 0 amide bonds. The van der Waals surface area contributed by atoms with Crippen LogP contribution in [0.4, 0.5) is 0 Å². The minimum absolute atomic E-state index is 0.178. The number of rotatable bonds is 9. The summed E-state index contributed by atoms with van der Waals surface area (Å²) in [6.45, 7) is 10.4. The summed E-state index contributed by atoms with van der Waals surface area (Å²) in [7, 11) is 0. The molecule has 3 heteroatoms. The lowest BCUT2D eigenvalue weighted by Crippen LogP contribution is -2.30. The van der Waals surface area contributed by atoms with Gasteiger partial charge in [0.25, 0.3) is 0 Å². The molecule has 2 nitrogen and oxygen atoms in total. The maximum atomic E-state index is 9.24. The van der Waals surface area contributed by atoms with E-state index in [-0.39, 0.29) is 5.41 Å². The van der Waals surface area contributed by atoms with E-state index in [9.17, 15) is 5.26 Å². The highest BCUT2D eigenvalue weighted by Crippen LogP contribution is 2.44. The van der Waals surface area contributed by atoms with E-state index in [1.807, 2.05) is 37.3 Å². The lowest BCUT2D eigenvalue weighted by molar-refractivity contribution is 0.273. The standard InChI is InChI=1S/C32H37ClN2/c1-5-30(33)22-31(20-24(2)3)35-25(4)16-19-32(17-7-6-8-18-32)29-14-12-27(13-15-29)28-11-9-10-26(21-28)23-34/h5,9-15,20-22,35H,4,6-8,16-19H2,1-3H3/b30-5+,31-22+. The molecule has 1 aliphatic carbocycles. The van der Waals surface area contributed by atoms with Crippen LogP contribution in [0.3, 0.4) is 0 Å². The molecule has 1 N–H and O–H groups in total. The number of nitriles is 1. The van der Waals surface area contributed by atoms with E-state index in [2.05, 4.69) is 68.2 Å². The molecular weight excluding hydrogens is 448 g/mol. The molecule has 0 spiro atoms. The fraction of sp³-hybridized carbons (Fsp3) is 0.344. The van der Waals surface area contributed by atoms with Crippen molar-refractivity contribution >= 4 is 11.6 Å². The van der Waals surface area contributed by atoms with Gasteiger partial charge in [-0.15, -0.1) is 0 Å². The van der Waals surface area contributed by atoms with Gasteiger partial charge in [-0.1, -0.05) is 85.5 Å². The normalized spacial score (nSPS) is 15.7. The van der Waals surface area contributed by atoms with Gasteiger partial charge in [-0.25, -0.2) is 0 Å². The predicted molar refractivity (Wildman–Crippen MR) is 150 cm³/mol. The van der Waals surface area contributed by atoms with Crippen LogP contribution in [-0.2, 0) is 5.41 Å². The Hall–Kier alpha value is -3.02. The molecule has 35 heavy (non-hydrogen) atoms. The molecule has 0 bridgehead atoms. The van der Waals surface area contributed by atoms with E-state index >= 15 is 0 Å². The van der Waals surface area contributed by atoms with Crippen LogP contribution in [-0.4, -0.2) is 0 Å². The number of allylic oxidation sites excluding steroid dienone is 6. The van der Waals surface area contributed by atoms with Crippen LogP contribution < -0.4 is 5.32 Å². The fourth-order valence-corrected chi connectivity index (χ4v) is 5.13. The summed E-state index contributed by atoms with van der Waals surface area (Å²) in [5.74, 6) is 0. The number of benzene rings is 2.